The van der Waals surface area contributed by atoms with Crippen LogP contribution in [0.3, 0.4) is 0 Å². The molecule has 8 heteroatoms. The predicted molar refractivity (Wildman–Crippen MR) is 108 cm³/mol. The van der Waals surface area contributed by atoms with Crippen molar-refractivity contribution >= 4 is 11.7 Å². The van der Waals surface area contributed by atoms with Crippen molar-refractivity contribution in [1.82, 2.24) is 29.5 Å². The molecule has 0 aliphatic rings. The Bertz CT molecular complexity index is 1230. The van der Waals surface area contributed by atoms with Crippen LogP contribution in [0.1, 0.15) is 16.8 Å². The monoisotopic (exact) mass is 388 g/mol. The number of hydrogen-bond acceptors (Lipinski definition) is 5. The first-order valence-electron chi connectivity index (χ1n) is 9.21. The van der Waals surface area contributed by atoms with Crippen molar-refractivity contribution in [2.24, 2.45) is 7.05 Å². The Morgan fingerprint density at radius 2 is 1.93 bits per heavy atom. The van der Waals surface area contributed by atoms with E-state index in [0.29, 0.717) is 29.4 Å². The molecule has 29 heavy (non-hydrogen) atoms. The van der Waals surface area contributed by atoms with E-state index in [9.17, 15) is 9.59 Å². The van der Waals surface area contributed by atoms with Crippen molar-refractivity contribution in [3.8, 4) is 11.4 Å². The second-order valence-corrected chi connectivity index (χ2v) is 6.76. The third kappa shape index (κ3) is 3.64. The molecule has 3 aromatic heterocycles. The van der Waals surface area contributed by atoms with Gasteiger partial charge in [-0.25, -0.2) is 0 Å². The number of benzene rings is 1. The fourth-order valence-electron chi connectivity index (χ4n) is 3.13. The Morgan fingerprint density at radius 1 is 1.14 bits per heavy atom. The van der Waals surface area contributed by atoms with Gasteiger partial charge >= 0.3 is 0 Å². The van der Waals surface area contributed by atoms with Crippen LogP contribution in [0.25, 0.3) is 17.2 Å². The van der Waals surface area contributed by atoms with Crippen LogP contribution in [0.4, 0.5) is 0 Å². The molecule has 1 amide bonds. The van der Waals surface area contributed by atoms with E-state index in [1.165, 1.54) is 4.52 Å². The topological polar surface area (TPSA) is 94.2 Å². The quantitative estimate of drug-likeness (QED) is 0.561. The van der Waals surface area contributed by atoms with Gasteiger partial charge in [-0.15, -0.1) is 5.10 Å². The number of rotatable bonds is 5. The Labute approximate surface area is 166 Å². The van der Waals surface area contributed by atoms with Gasteiger partial charge in [0.05, 0.1) is 6.42 Å². The van der Waals surface area contributed by atoms with Crippen LogP contribution >= 0.6 is 0 Å². The van der Waals surface area contributed by atoms with Crippen LogP contribution in [0.15, 0.2) is 59.7 Å². The molecule has 0 aliphatic carbocycles. The lowest BCUT2D eigenvalue weighted by molar-refractivity contribution is -0.120. The molecule has 1 aromatic carbocycles. The maximum absolute atomic E-state index is 13.0. The highest BCUT2D eigenvalue weighted by molar-refractivity contribution is 5.78. The van der Waals surface area contributed by atoms with Gasteiger partial charge in [-0.3, -0.25) is 14.6 Å². The SMILES string of the molecule is Cc1c(CC(=O)NCc2cccnc2)c(=O)n2nc(-c3ccccc3)nc2n1C. The summed E-state index contributed by atoms with van der Waals surface area (Å²) < 4.78 is 3.05. The first-order valence-corrected chi connectivity index (χ1v) is 9.21. The van der Waals surface area contributed by atoms with Crippen LogP contribution in [0.2, 0.25) is 0 Å². The lowest BCUT2D eigenvalue weighted by Crippen LogP contribution is -2.31. The summed E-state index contributed by atoms with van der Waals surface area (Å²) >= 11 is 0. The smallest absolute Gasteiger partial charge is 0.279 e. The number of hydrogen-bond donors (Lipinski definition) is 1. The van der Waals surface area contributed by atoms with E-state index >= 15 is 0 Å². The summed E-state index contributed by atoms with van der Waals surface area (Å²) in [6, 6.07) is 13.2. The molecule has 1 N–H and O–H groups in total. The van der Waals surface area contributed by atoms with Crippen molar-refractivity contribution in [3.63, 3.8) is 0 Å². The summed E-state index contributed by atoms with van der Waals surface area (Å²) in [4.78, 5) is 34.0. The van der Waals surface area contributed by atoms with Gasteiger partial charge in [0.2, 0.25) is 11.7 Å². The van der Waals surface area contributed by atoms with Crippen LogP contribution < -0.4 is 10.9 Å². The average molecular weight is 388 g/mol. The molecular formula is C21H20N6O2. The van der Waals surface area contributed by atoms with Crippen molar-refractivity contribution < 1.29 is 4.79 Å². The van der Waals surface area contributed by atoms with Gasteiger partial charge in [0.1, 0.15) is 0 Å². The highest BCUT2D eigenvalue weighted by Crippen LogP contribution is 2.16. The molecule has 3 heterocycles. The van der Waals surface area contributed by atoms with Crippen LogP contribution in [0, 0.1) is 6.92 Å². The minimum atomic E-state index is -0.332. The Kier molecular flexibility index (Phi) is 4.90. The van der Waals surface area contributed by atoms with Crippen molar-refractivity contribution in [1.29, 1.82) is 0 Å². The number of nitrogens with zero attached hydrogens (tertiary/aromatic N) is 5. The predicted octanol–water partition coefficient (Wildman–Crippen LogP) is 1.66. The molecule has 0 bridgehead atoms. The van der Waals surface area contributed by atoms with Gasteiger partial charge in [-0.05, 0) is 18.6 Å². The molecule has 0 atom stereocenters. The van der Waals surface area contributed by atoms with Crippen molar-refractivity contribution in [3.05, 3.63) is 82.0 Å². The van der Waals surface area contributed by atoms with Gasteiger partial charge in [-0.2, -0.15) is 9.50 Å². The summed E-state index contributed by atoms with van der Waals surface area (Å²) in [7, 11) is 1.81. The van der Waals surface area contributed by atoms with E-state index in [1.54, 1.807) is 17.0 Å². The molecule has 0 aliphatic heterocycles. The second kappa shape index (κ2) is 7.67. The zero-order chi connectivity index (χ0) is 20.4. The van der Waals surface area contributed by atoms with Gasteiger partial charge in [0.25, 0.3) is 5.56 Å². The first kappa shape index (κ1) is 18.5. The Morgan fingerprint density at radius 3 is 2.66 bits per heavy atom. The Balaban J connectivity index is 1.64. The third-order valence-electron chi connectivity index (χ3n) is 4.86. The summed E-state index contributed by atoms with van der Waals surface area (Å²) in [5, 5.41) is 7.21. The van der Waals surface area contributed by atoms with Gasteiger partial charge in [0, 0.05) is 42.8 Å². The number of amides is 1. The number of carbonyl (C=O) groups is 1. The minimum absolute atomic E-state index is 0.0325. The van der Waals surface area contributed by atoms with E-state index in [2.05, 4.69) is 20.4 Å². The summed E-state index contributed by atoms with van der Waals surface area (Å²) in [5.74, 6) is 0.665. The third-order valence-corrected chi connectivity index (χ3v) is 4.86. The van der Waals surface area contributed by atoms with Crippen LogP contribution in [-0.4, -0.2) is 30.1 Å². The normalized spacial score (nSPS) is 11.0. The van der Waals surface area contributed by atoms with E-state index < -0.39 is 0 Å². The maximum atomic E-state index is 13.0. The molecule has 8 nitrogen and oxygen atoms in total. The summed E-state index contributed by atoms with van der Waals surface area (Å²) in [6.07, 6.45) is 3.34. The second-order valence-electron chi connectivity index (χ2n) is 6.76. The van der Waals surface area contributed by atoms with Gasteiger partial charge in [0.15, 0.2) is 5.82 Å². The molecule has 0 fully saturated rings. The minimum Gasteiger partial charge on any atom is -0.352 e. The molecule has 4 rings (SSSR count). The molecule has 4 aromatic rings. The highest BCUT2D eigenvalue weighted by atomic mass is 16.2. The van der Waals surface area contributed by atoms with Crippen molar-refractivity contribution in [2.45, 2.75) is 19.9 Å². The average Bonchev–Trinajstić information content (AvgIpc) is 3.21. The summed E-state index contributed by atoms with van der Waals surface area (Å²) in [5.41, 5.74) is 2.47. The van der Waals surface area contributed by atoms with Crippen LogP contribution in [-0.2, 0) is 24.8 Å². The van der Waals surface area contributed by atoms with Crippen LogP contribution in [0.5, 0.6) is 0 Å². The molecule has 146 valence electrons. The number of pyridine rings is 1. The first-order chi connectivity index (χ1) is 14.0. The summed E-state index contributed by atoms with van der Waals surface area (Å²) in [6.45, 7) is 2.16. The van der Waals surface area contributed by atoms with E-state index in [-0.39, 0.29) is 17.9 Å². The van der Waals surface area contributed by atoms with Gasteiger partial charge < -0.3 is 9.88 Å². The molecular weight excluding hydrogens is 368 g/mol. The lowest BCUT2D eigenvalue weighted by atomic mass is 10.1. The molecule has 0 radical (unpaired) electrons. The number of aromatic nitrogens is 5. The number of carbonyl (C=O) groups excluding carboxylic acids is 1. The zero-order valence-electron chi connectivity index (χ0n) is 16.2. The molecule has 0 spiro atoms. The maximum Gasteiger partial charge on any atom is 0.279 e. The zero-order valence-corrected chi connectivity index (χ0v) is 16.2. The van der Waals surface area contributed by atoms with Crippen molar-refractivity contribution in [2.75, 3.05) is 0 Å². The molecule has 0 unspecified atom stereocenters. The number of fused-ring (bicyclic) bond motifs is 1. The highest BCUT2D eigenvalue weighted by Gasteiger charge is 2.18. The molecule has 0 saturated heterocycles. The Hall–Kier alpha value is -3.81. The lowest BCUT2D eigenvalue weighted by Gasteiger charge is -2.11. The number of nitrogens with one attached hydrogen (secondary N) is 1. The fourth-order valence-corrected chi connectivity index (χ4v) is 3.13. The standard InChI is InChI=1S/C21H20N6O2/c1-14-17(11-18(28)23-13-15-7-6-10-22-12-15)20(29)27-21(26(14)2)24-19(25-27)16-8-4-3-5-9-16/h3-10,12H,11,13H2,1-2H3,(H,23,28). The molecule has 0 saturated carbocycles. The largest absolute Gasteiger partial charge is 0.352 e. The number of aryl methyl sites for hydroxylation is 1. The van der Waals surface area contributed by atoms with Gasteiger partial charge in [-0.1, -0.05) is 36.4 Å². The fraction of sp³-hybridized carbons (Fsp3) is 0.190. The van der Waals surface area contributed by atoms with E-state index in [1.807, 2.05) is 56.4 Å². The van der Waals surface area contributed by atoms with E-state index in [4.69, 9.17) is 0 Å². The van der Waals surface area contributed by atoms with E-state index in [0.717, 1.165) is 11.1 Å².